The fourth-order valence-electron chi connectivity index (χ4n) is 1.41. The van der Waals surface area contributed by atoms with Crippen LogP contribution in [0.15, 0.2) is 17.0 Å². The molecule has 0 bridgehead atoms. The summed E-state index contributed by atoms with van der Waals surface area (Å²) in [7, 11) is -3.68. The van der Waals surface area contributed by atoms with Gasteiger partial charge < -0.3 is 5.73 Å². The molecule has 18 heavy (non-hydrogen) atoms. The van der Waals surface area contributed by atoms with E-state index in [9.17, 15) is 12.8 Å². The van der Waals surface area contributed by atoms with Gasteiger partial charge in [0.25, 0.3) is 0 Å². The summed E-state index contributed by atoms with van der Waals surface area (Å²) in [6.45, 7) is 3.40. The van der Waals surface area contributed by atoms with Gasteiger partial charge in [-0.3, -0.25) is 0 Å². The van der Waals surface area contributed by atoms with E-state index in [4.69, 9.17) is 5.73 Å². The van der Waals surface area contributed by atoms with Crippen LogP contribution in [0.5, 0.6) is 0 Å². The molecule has 0 unspecified atom stereocenters. The van der Waals surface area contributed by atoms with Gasteiger partial charge in [-0.15, -0.1) is 11.8 Å². The summed E-state index contributed by atoms with van der Waals surface area (Å²) in [5.41, 5.74) is 5.50. The van der Waals surface area contributed by atoms with Gasteiger partial charge >= 0.3 is 0 Å². The lowest BCUT2D eigenvalue weighted by molar-refractivity contribution is 0.581. The lowest BCUT2D eigenvalue weighted by Crippen LogP contribution is -2.25. The smallest absolute Gasteiger partial charge is 0.240 e. The zero-order valence-corrected chi connectivity index (χ0v) is 11.1. The number of nitrogens with one attached hydrogen (secondary N) is 1. The monoisotopic (exact) mass is 270 g/mol. The molecule has 4 nitrogen and oxygen atoms in total. The molecule has 1 aromatic rings. The number of rotatable bonds is 4. The Hall–Kier alpha value is -1.58. The molecule has 0 heterocycles. The number of aryl methyl sites for hydroxylation is 1. The Balaban J connectivity index is 2.97. The Kier molecular flexibility index (Phi) is 4.70. The molecule has 0 spiro atoms. The van der Waals surface area contributed by atoms with Gasteiger partial charge in [0.15, 0.2) is 0 Å². The first kappa shape index (κ1) is 14.5. The van der Waals surface area contributed by atoms with Crippen molar-refractivity contribution in [1.29, 1.82) is 0 Å². The molecule has 0 aliphatic heterocycles. The molecule has 0 aromatic heterocycles. The van der Waals surface area contributed by atoms with Crippen LogP contribution in [0.25, 0.3) is 0 Å². The van der Waals surface area contributed by atoms with E-state index in [1.807, 2.05) is 0 Å². The second-order valence-electron chi connectivity index (χ2n) is 3.71. The van der Waals surface area contributed by atoms with Crippen LogP contribution in [0.1, 0.15) is 18.9 Å². The predicted molar refractivity (Wildman–Crippen MR) is 68.8 cm³/mol. The normalized spacial score (nSPS) is 10.8. The highest BCUT2D eigenvalue weighted by atomic mass is 32.2. The van der Waals surface area contributed by atoms with Crippen LogP contribution in [0.4, 0.5) is 10.1 Å². The third-order valence-corrected chi connectivity index (χ3v) is 3.91. The minimum Gasteiger partial charge on any atom is -0.396 e. The molecule has 3 N–H and O–H groups in total. The van der Waals surface area contributed by atoms with Crippen molar-refractivity contribution in [1.82, 2.24) is 4.72 Å². The molecule has 0 fully saturated rings. The van der Waals surface area contributed by atoms with Crippen LogP contribution in [-0.4, -0.2) is 15.0 Å². The van der Waals surface area contributed by atoms with Crippen LogP contribution >= 0.6 is 0 Å². The van der Waals surface area contributed by atoms with Crippen molar-refractivity contribution in [2.45, 2.75) is 25.2 Å². The molecular weight excluding hydrogens is 255 g/mol. The Bertz CT molecular complexity index is 600. The molecule has 0 amide bonds. The molecule has 1 rings (SSSR count). The van der Waals surface area contributed by atoms with E-state index in [2.05, 4.69) is 16.6 Å². The van der Waals surface area contributed by atoms with Crippen LogP contribution < -0.4 is 10.5 Å². The molecule has 1 aromatic carbocycles. The van der Waals surface area contributed by atoms with Crippen molar-refractivity contribution in [3.63, 3.8) is 0 Å². The standard InChI is InChI=1S/C12H15FN2O2S/c1-3-4-5-6-15-18(16,17)12-8-11(14)10(13)7-9(12)2/h7-8,15H,5-6,14H2,1-2H3. The Labute approximate surface area is 106 Å². The molecule has 0 radical (unpaired) electrons. The number of hydrogen-bond acceptors (Lipinski definition) is 3. The highest BCUT2D eigenvalue weighted by Gasteiger charge is 2.18. The molecule has 0 aliphatic rings. The SMILES string of the molecule is CC#CCCNS(=O)(=O)c1cc(N)c(F)cc1C. The molecule has 0 saturated carbocycles. The fraction of sp³-hybridized carbons (Fsp3) is 0.333. The number of benzene rings is 1. The highest BCUT2D eigenvalue weighted by Crippen LogP contribution is 2.21. The van der Waals surface area contributed by atoms with E-state index in [1.165, 1.54) is 6.92 Å². The second kappa shape index (κ2) is 5.85. The number of anilines is 1. The number of sulfonamides is 1. The maximum absolute atomic E-state index is 13.1. The minimum absolute atomic E-state index is 0.00847. The van der Waals surface area contributed by atoms with Crippen LogP contribution in [0.2, 0.25) is 0 Å². The largest absolute Gasteiger partial charge is 0.396 e. The summed E-state index contributed by atoms with van der Waals surface area (Å²) >= 11 is 0. The van der Waals surface area contributed by atoms with Gasteiger partial charge in [0, 0.05) is 13.0 Å². The van der Waals surface area contributed by atoms with Gasteiger partial charge in [-0.1, -0.05) is 0 Å². The predicted octanol–water partition coefficient (Wildman–Crippen LogP) is 1.41. The van der Waals surface area contributed by atoms with Gasteiger partial charge in [-0.2, -0.15) is 0 Å². The van der Waals surface area contributed by atoms with E-state index in [0.29, 0.717) is 12.0 Å². The molecular formula is C12H15FN2O2S. The number of halogens is 1. The quantitative estimate of drug-likeness (QED) is 0.493. The number of hydrogen-bond donors (Lipinski definition) is 2. The van der Waals surface area contributed by atoms with E-state index < -0.39 is 15.8 Å². The maximum atomic E-state index is 13.1. The average molecular weight is 270 g/mol. The topological polar surface area (TPSA) is 72.2 Å². The zero-order valence-electron chi connectivity index (χ0n) is 10.2. The lowest BCUT2D eigenvalue weighted by atomic mass is 10.2. The van der Waals surface area contributed by atoms with Crippen molar-refractivity contribution < 1.29 is 12.8 Å². The lowest BCUT2D eigenvalue weighted by Gasteiger charge is -2.09. The van der Waals surface area contributed by atoms with Crippen molar-refractivity contribution in [3.05, 3.63) is 23.5 Å². The van der Waals surface area contributed by atoms with E-state index in [1.54, 1.807) is 6.92 Å². The third-order valence-electron chi connectivity index (χ3n) is 2.30. The van der Waals surface area contributed by atoms with Crippen LogP contribution in [0.3, 0.4) is 0 Å². The van der Waals surface area contributed by atoms with E-state index in [0.717, 1.165) is 12.1 Å². The summed E-state index contributed by atoms with van der Waals surface area (Å²) in [6.07, 6.45) is 0.422. The molecule has 0 saturated heterocycles. The number of nitrogen functional groups attached to an aromatic ring is 1. The van der Waals surface area contributed by atoms with Gasteiger partial charge in [-0.05, 0) is 31.5 Å². The first-order valence-electron chi connectivity index (χ1n) is 5.33. The van der Waals surface area contributed by atoms with Crippen molar-refractivity contribution >= 4 is 15.7 Å². The van der Waals surface area contributed by atoms with Crippen molar-refractivity contribution in [2.75, 3.05) is 12.3 Å². The first-order chi connectivity index (χ1) is 8.38. The minimum atomic E-state index is -3.68. The van der Waals surface area contributed by atoms with E-state index in [-0.39, 0.29) is 17.1 Å². The Morgan fingerprint density at radius 2 is 2.11 bits per heavy atom. The maximum Gasteiger partial charge on any atom is 0.240 e. The highest BCUT2D eigenvalue weighted by molar-refractivity contribution is 7.89. The van der Waals surface area contributed by atoms with Gasteiger partial charge in [0.2, 0.25) is 10.0 Å². The second-order valence-corrected chi connectivity index (χ2v) is 5.45. The summed E-state index contributed by atoms with van der Waals surface area (Å²) in [6, 6.07) is 2.23. The van der Waals surface area contributed by atoms with Gasteiger partial charge in [0.1, 0.15) is 5.82 Å². The Morgan fingerprint density at radius 3 is 2.72 bits per heavy atom. The molecule has 6 heteroatoms. The summed E-state index contributed by atoms with van der Waals surface area (Å²) < 4.78 is 39.4. The summed E-state index contributed by atoms with van der Waals surface area (Å²) in [5.74, 6) is 4.79. The number of nitrogens with two attached hydrogens (primary N) is 1. The summed E-state index contributed by atoms with van der Waals surface area (Å²) in [5, 5.41) is 0. The fourth-order valence-corrected chi connectivity index (χ4v) is 2.70. The molecule has 0 atom stereocenters. The molecule has 98 valence electrons. The average Bonchev–Trinajstić information content (AvgIpc) is 2.29. The third kappa shape index (κ3) is 3.45. The van der Waals surface area contributed by atoms with Crippen LogP contribution in [0, 0.1) is 24.6 Å². The van der Waals surface area contributed by atoms with Crippen LogP contribution in [-0.2, 0) is 10.0 Å². The Morgan fingerprint density at radius 1 is 1.44 bits per heavy atom. The van der Waals surface area contributed by atoms with E-state index >= 15 is 0 Å². The van der Waals surface area contributed by atoms with Crippen molar-refractivity contribution in [3.8, 4) is 11.8 Å². The zero-order chi connectivity index (χ0) is 13.8. The summed E-state index contributed by atoms with van der Waals surface area (Å²) in [4.78, 5) is -0.00847. The van der Waals surface area contributed by atoms with Gasteiger partial charge in [-0.25, -0.2) is 17.5 Å². The molecule has 0 aliphatic carbocycles. The van der Waals surface area contributed by atoms with Gasteiger partial charge in [0.05, 0.1) is 10.6 Å². The first-order valence-corrected chi connectivity index (χ1v) is 6.81. The van der Waals surface area contributed by atoms with Crippen molar-refractivity contribution in [2.24, 2.45) is 0 Å².